The summed E-state index contributed by atoms with van der Waals surface area (Å²) in [4.78, 5) is 14.1. The smallest absolute Gasteiger partial charge is 0.264 e. The van der Waals surface area contributed by atoms with E-state index in [1.54, 1.807) is 4.90 Å². The highest BCUT2D eigenvalue weighted by Gasteiger charge is 2.31. The topological polar surface area (TPSA) is 29.5 Å². The van der Waals surface area contributed by atoms with Crippen molar-refractivity contribution in [3.05, 3.63) is 29.8 Å². The standard InChI is InChI=1S/C14H18ClNO2/c1-2-8-16(9-7-15)14(17)13-10-11-5-3-4-6-12(11)18-13/h3-6,13H,2,7-10H2,1H3. The molecule has 1 aromatic rings. The predicted molar refractivity (Wildman–Crippen MR) is 72.2 cm³/mol. The largest absolute Gasteiger partial charge is 0.480 e. The molecular formula is C14H18ClNO2. The van der Waals surface area contributed by atoms with Gasteiger partial charge in [0.15, 0.2) is 6.10 Å². The monoisotopic (exact) mass is 267 g/mol. The summed E-state index contributed by atoms with van der Waals surface area (Å²) in [6, 6.07) is 7.81. The van der Waals surface area contributed by atoms with Gasteiger partial charge >= 0.3 is 0 Å². The lowest BCUT2D eigenvalue weighted by atomic mass is 10.1. The minimum absolute atomic E-state index is 0.0497. The summed E-state index contributed by atoms with van der Waals surface area (Å²) in [5.74, 6) is 1.35. The Kier molecular flexibility index (Phi) is 4.48. The van der Waals surface area contributed by atoms with Gasteiger partial charge in [-0.05, 0) is 18.1 Å². The number of carbonyl (C=O) groups excluding carboxylic acids is 1. The number of hydrogen-bond donors (Lipinski definition) is 0. The van der Waals surface area contributed by atoms with Crippen molar-refractivity contribution in [3.8, 4) is 5.75 Å². The van der Waals surface area contributed by atoms with E-state index in [0.717, 1.165) is 24.3 Å². The molecule has 18 heavy (non-hydrogen) atoms. The molecule has 4 heteroatoms. The van der Waals surface area contributed by atoms with Crippen LogP contribution >= 0.6 is 11.6 Å². The van der Waals surface area contributed by atoms with Gasteiger partial charge in [-0.2, -0.15) is 0 Å². The molecule has 1 aliphatic rings. The van der Waals surface area contributed by atoms with E-state index < -0.39 is 0 Å². The highest BCUT2D eigenvalue weighted by atomic mass is 35.5. The van der Waals surface area contributed by atoms with Crippen LogP contribution in [-0.4, -0.2) is 35.9 Å². The molecule has 1 atom stereocenters. The maximum absolute atomic E-state index is 12.3. The van der Waals surface area contributed by atoms with Crippen molar-refractivity contribution in [2.75, 3.05) is 19.0 Å². The number of rotatable bonds is 5. The third-order valence-corrected chi connectivity index (χ3v) is 3.25. The molecule has 0 saturated heterocycles. The summed E-state index contributed by atoms with van der Waals surface area (Å²) in [5.41, 5.74) is 1.11. The average molecular weight is 268 g/mol. The van der Waals surface area contributed by atoms with E-state index in [-0.39, 0.29) is 12.0 Å². The minimum Gasteiger partial charge on any atom is -0.480 e. The Bertz CT molecular complexity index is 391. The van der Waals surface area contributed by atoms with Crippen LogP contribution in [0.15, 0.2) is 24.3 Å². The van der Waals surface area contributed by atoms with Crippen molar-refractivity contribution >= 4 is 17.5 Å². The zero-order valence-electron chi connectivity index (χ0n) is 10.6. The Hall–Kier alpha value is -1.22. The number of halogens is 1. The summed E-state index contributed by atoms with van der Waals surface area (Å²) in [5, 5.41) is 0. The molecule has 1 heterocycles. The Morgan fingerprint density at radius 1 is 1.44 bits per heavy atom. The summed E-state index contributed by atoms with van der Waals surface area (Å²) < 4.78 is 5.71. The van der Waals surface area contributed by atoms with Crippen LogP contribution in [0.4, 0.5) is 0 Å². The number of hydrogen-bond acceptors (Lipinski definition) is 2. The number of nitrogens with zero attached hydrogens (tertiary/aromatic N) is 1. The summed E-state index contributed by atoms with van der Waals surface area (Å²) in [6.07, 6.45) is 1.22. The number of fused-ring (bicyclic) bond motifs is 1. The van der Waals surface area contributed by atoms with E-state index in [9.17, 15) is 4.79 Å². The van der Waals surface area contributed by atoms with Crippen molar-refractivity contribution in [1.82, 2.24) is 4.90 Å². The van der Waals surface area contributed by atoms with Crippen LogP contribution in [0, 0.1) is 0 Å². The van der Waals surface area contributed by atoms with Crippen molar-refractivity contribution in [3.63, 3.8) is 0 Å². The normalized spacial score (nSPS) is 17.1. The Morgan fingerprint density at radius 3 is 2.89 bits per heavy atom. The van der Waals surface area contributed by atoms with Gasteiger partial charge in [0.05, 0.1) is 0 Å². The fourth-order valence-electron chi connectivity index (χ4n) is 2.23. The maximum Gasteiger partial charge on any atom is 0.264 e. The molecular weight excluding hydrogens is 250 g/mol. The summed E-state index contributed by atoms with van der Waals surface area (Å²) in [6.45, 7) is 3.38. The maximum atomic E-state index is 12.3. The van der Waals surface area contributed by atoms with Gasteiger partial charge in [0.25, 0.3) is 5.91 Å². The number of alkyl halides is 1. The quantitative estimate of drug-likeness (QED) is 0.767. The van der Waals surface area contributed by atoms with Gasteiger partial charge in [0.2, 0.25) is 0 Å². The first-order chi connectivity index (χ1) is 8.76. The number of amides is 1. The summed E-state index contributed by atoms with van der Waals surface area (Å²) >= 11 is 5.74. The van der Waals surface area contributed by atoms with Gasteiger partial charge in [0.1, 0.15) is 5.75 Å². The minimum atomic E-state index is -0.378. The van der Waals surface area contributed by atoms with Crippen molar-refractivity contribution in [2.24, 2.45) is 0 Å². The van der Waals surface area contributed by atoms with Gasteiger partial charge in [-0.15, -0.1) is 11.6 Å². The predicted octanol–water partition coefficient (Wildman–Crippen LogP) is 2.47. The molecule has 1 aromatic carbocycles. The summed E-state index contributed by atoms with van der Waals surface area (Å²) in [7, 11) is 0. The fourth-order valence-corrected chi connectivity index (χ4v) is 2.43. The number of para-hydroxylation sites is 1. The molecule has 3 nitrogen and oxygen atoms in total. The van der Waals surface area contributed by atoms with Gasteiger partial charge in [-0.1, -0.05) is 25.1 Å². The highest BCUT2D eigenvalue weighted by Crippen LogP contribution is 2.28. The molecule has 0 fully saturated rings. The van der Waals surface area contributed by atoms with Crippen LogP contribution in [0.25, 0.3) is 0 Å². The lowest BCUT2D eigenvalue weighted by Crippen LogP contribution is -2.42. The molecule has 0 N–H and O–H groups in total. The first kappa shape index (κ1) is 13.2. The van der Waals surface area contributed by atoms with Crippen molar-refractivity contribution < 1.29 is 9.53 Å². The van der Waals surface area contributed by atoms with Gasteiger partial charge < -0.3 is 9.64 Å². The highest BCUT2D eigenvalue weighted by molar-refractivity contribution is 6.18. The lowest BCUT2D eigenvalue weighted by molar-refractivity contribution is -0.137. The molecule has 0 aliphatic carbocycles. The van der Waals surface area contributed by atoms with E-state index in [1.165, 1.54) is 0 Å². The SMILES string of the molecule is CCCN(CCCl)C(=O)C1Cc2ccccc2O1. The molecule has 1 amide bonds. The van der Waals surface area contributed by atoms with E-state index in [0.29, 0.717) is 18.8 Å². The molecule has 2 rings (SSSR count). The van der Waals surface area contributed by atoms with E-state index in [1.807, 2.05) is 24.3 Å². The zero-order chi connectivity index (χ0) is 13.0. The zero-order valence-corrected chi connectivity index (χ0v) is 11.3. The first-order valence-electron chi connectivity index (χ1n) is 6.35. The average Bonchev–Trinajstić information content (AvgIpc) is 2.81. The second-order valence-corrected chi connectivity index (χ2v) is 4.81. The second kappa shape index (κ2) is 6.10. The fraction of sp³-hybridized carbons (Fsp3) is 0.500. The van der Waals surface area contributed by atoms with Crippen LogP contribution in [0.5, 0.6) is 5.75 Å². The Balaban J connectivity index is 2.03. The molecule has 0 radical (unpaired) electrons. The van der Waals surface area contributed by atoms with Crippen LogP contribution in [-0.2, 0) is 11.2 Å². The lowest BCUT2D eigenvalue weighted by Gasteiger charge is -2.24. The second-order valence-electron chi connectivity index (χ2n) is 4.43. The van der Waals surface area contributed by atoms with E-state index in [2.05, 4.69) is 6.92 Å². The van der Waals surface area contributed by atoms with Crippen LogP contribution in [0.2, 0.25) is 0 Å². The van der Waals surface area contributed by atoms with Crippen LogP contribution in [0.3, 0.4) is 0 Å². The molecule has 0 bridgehead atoms. The van der Waals surface area contributed by atoms with E-state index in [4.69, 9.17) is 16.3 Å². The molecule has 0 spiro atoms. The Labute approximate surface area is 113 Å². The number of carbonyl (C=O) groups is 1. The third-order valence-electron chi connectivity index (χ3n) is 3.08. The van der Waals surface area contributed by atoms with Crippen molar-refractivity contribution in [1.29, 1.82) is 0 Å². The van der Waals surface area contributed by atoms with Crippen molar-refractivity contribution in [2.45, 2.75) is 25.9 Å². The van der Waals surface area contributed by atoms with Gasteiger partial charge in [0, 0.05) is 25.4 Å². The number of benzene rings is 1. The molecule has 1 unspecified atom stereocenters. The van der Waals surface area contributed by atoms with Crippen LogP contribution in [0.1, 0.15) is 18.9 Å². The Morgan fingerprint density at radius 2 is 2.22 bits per heavy atom. The molecule has 0 saturated carbocycles. The molecule has 0 aromatic heterocycles. The third kappa shape index (κ3) is 2.78. The van der Waals surface area contributed by atoms with E-state index >= 15 is 0 Å². The van der Waals surface area contributed by atoms with Crippen LogP contribution < -0.4 is 4.74 Å². The molecule has 98 valence electrons. The molecule has 1 aliphatic heterocycles. The van der Waals surface area contributed by atoms with Gasteiger partial charge in [-0.25, -0.2) is 0 Å². The number of ether oxygens (including phenoxy) is 1. The first-order valence-corrected chi connectivity index (χ1v) is 6.89. The van der Waals surface area contributed by atoms with Gasteiger partial charge in [-0.3, -0.25) is 4.79 Å².